The average Bonchev–Trinajstić information content (AvgIpc) is 3.22. The summed E-state index contributed by atoms with van der Waals surface area (Å²) >= 11 is 3.36. The van der Waals surface area contributed by atoms with Crippen molar-refractivity contribution in [3.05, 3.63) is 76.7 Å². The number of amides is 1. The Hall–Kier alpha value is -2.62. The molecule has 0 spiro atoms. The van der Waals surface area contributed by atoms with Gasteiger partial charge >= 0.3 is 0 Å². The summed E-state index contributed by atoms with van der Waals surface area (Å²) in [6, 6.07) is 14.5. The van der Waals surface area contributed by atoms with Crippen molar-refractivity contribution >= 4 is 37.5 Å². The van der Waals surface area contributed by atoms with E-state index in [1.54, 1.807) is 30.3 Å². The zero-order chi connectivity index (χ0) is 21.7. The predicted molar refractivity (Wildman–Crippen MR) is 117 cm³/mol. The molecule has 1 amide bonds. The van der Waals surface area contributed by atoms with Crippen LogP contribution in [0, 0.1) is 0 Å². The lowest BCUT2D eigenvalue weighted by molar-refractivity contribution is 0.102. The van der Waals surface area contributed by atoms with Gasteiger partial charge in [-0.1, -0.05) is 15.9 Å². The monoisotopic (exact) mass is 492 g/mol. The van der Waals surface area contributed by atoms with Gasteiger partial charge in [-0.15, -0.1) is 0 Å². The van der Waals surface area contributed by atoms with Crippen LogP contribution in [-0.2, 0) is 16.6 Å². The second kappa shape index (κ2) is 9.46. The maximum absolute atomic E-state index is 12.7. The molecule has 2 N–H and O–H groups in total. The highest BCUT2D eigenvalue weighted by atomic mass is 79.9. The molecule has 0 aliphatic rings. The third kappa shape index (κ3) is 5.71. The summed E-state index contributed by atoms with van der Waals surface area (Å²) in [4.78, 5) is 12.8. The molecule has 0 atom stereocenters. The Kier molecular flexibility index (Phi) is 6.96. The first-order valence-electron chi connectivity index (χ1n) is 9.14. The van der Waals surface area contributed by atoms with Crippen LogP contribution in [0.15, 0.2) is 74.6 Å². The fourth-order valence-electron chi connectivity index (χ4n) is 2.61. The number of benzene rings is 2. The van der Waals surface area contributed by atoms with Gasteiger partial charge in [0.05, 0.1) is 29.4 Å². The van der Waals surface area contributed by atoms with Crippen molar-refractivity contribution < 1.29 is 22.4 Å². The number of anilines is 1. The normalized spacial score (nSPS) is 11.5. The van der Waals surface area contributed by atoms with Crippen molar-refractivity contribution in [2.24, 2.45) is 0 Å². The Morgan fingerprint density at radius 3 is 2.50 bits per heavy atom. The fraction of sp³-hybridized carbons (Fsp3) is 0.190. The highest BCUT2D eigenvalue weighted by Crippen LogP contribution is 2.25. The van der Waals surface area contributed by atoms with Crippen LogP contribution >= 0.6 is 15.9 Å². The van der Waals surface area contributed by atoms with Crippen LogP contribution in [-0.4, -0.2) is 20.4 Å². The molecule has 30 heavy (non-hydrogen) atoms. The van der Waals surface area contributed by atoms with Gasteiger partial charge in [0.15, 0.2) is 0 Å². The molecule has 0 fully saturated rings. The van der Waals surface area contributed by atoms with Crippen LogP contribution < -0.4 is 14.8 Å². The SMILES string of the molecule is CC(C)Oc1ccc(Br)cc1C(=O)Nc1ccc(S(=O)(=O)NCc2ccco2)cc1. The van der Waals surface area contributed by atoms with Gasteiger partial charge in [0, 0.05) is 10.2 Å². The largest absolute Gasteiger partial charge is 0.490 e. The number of furan rings is 1. The molecule has 9 heteroatoms. The molecule has 7 nitrogen and oxygen atoms in total. The summed E-state index contributed by atoms with van der Waals surface area (Å²) < 4.78 is 38.8. The molecule has 0 bridgehead atoms. The lowest BCUT2D eigenvalue weighted by atomic mass is 10.1. The van der Waals surface area contributed by atoms with Crippen molar-refractivity contribution in [2.45, 2.75) is 31.4 Å². The molecule has 0 aliphatic carbocycles. The Balaban J connectivity index is 1.71. The van der Waals surface area contributed by atoms with Crippen molar-refractivity contribution in [3.8, 4) is 5.75 Å². The summed E-state index contributed by atoms with van der Waals surface area (Å²) in [5.41, 5.74) is 0.829. The van der Waals surface area contributed by atoms with E-state index in [4.69, 9.17) is 9.15 Å². The number of rotatable bonds is 8. The number of halogens is 1. The van der Waals surface area contributed by atoms with E-state index in [0.29, 0.717) is 22.8 Å². The molecular weight excluding hydrogens is 472 g/mol. The van der Waals surface area contributed by atoms with E-state index in [1.807, 2.05) is 13.8 Å². The van der Waals surface area contributed by atoms with Crippen LogP contribution in [0.5, 0.6) is 5.75 Å². The standard InChI is InChI=1S/C21H21BrN2O5S/c1-14(2)29-20-10-5-15(22)12-19(20)21(25)24-16-6-8-18(9-7-16)30(26,27)23-13-17-4-3-11-28-17/h3-12,14,23H,13H2,1-2H3,(H,24,25). The topological polar surface area (TPSA) is 97.6 Å². The summed E-state index contributed by atoms with van der Waals surface area (Å²) in [7, 11) is -3.71. The van der Waals surface area contributed by atoms with Gasteiger partial charge in [0.2, 0.25) is 10.0 Å². The number of sulfonamides is 1. The van der Waals surface area contributed by atoms with Crippen molar-refractivity contribution in [1.29, 1.82) is 0 Å². The maximum Gasteiger partial charge on any atom is 0.259 e. The number of nitrogens with one attached hydrogen (secondary N) is 2. The summed E-state index contributed by atoms with van der Waals surface area (Å²) in [5.74, 6) is 0.612. The third-order valence-electron chi connectivity index (χ3n) is 3.99. The Morgan fingerprint density at radius 2 is 1.87 bits per heavy atom. The molecule has 158 valence electrons. The molecule has 1 heterocycles. The zero-order valence-electron chi connectivity index (χ0n) is 16.4. The van der Waals surface area contributed by atoms with Gasteiger partial charge in [0.1, 0.15) is 11.5 Å². The number of ether oxygens (including phenoxy) is 1. The van der Waals surface area contributed by atoms with E-state index in [9.17, 15) is 13.2 Å². The van der Waals surface area contributed by atoms with E-state index < -0.39 is 10.0 Å². The van der Waals surface area contributed by atoms with E-state index in [2.05, 4.69) is 26.0 Å². The lowest BCUT2D eigenvalue weighted by Gasteiger charge is -2.15. The Labute approximate surface area is 183 Å². The first-order valence-corrected chi connectivity index (χ1v) is 11.4. The van der Waals surface area contributed by atoms with E-state index >= 15 is 0 Å². The molecule has 0 aliphatic heterocycles. The molecule has 0 unspecified atom stereocenters. The molecular formula is C21H21BrN2O5S. The molecule has 0 saturated carbocycles. The number of hydrogen-bond acceptors (Lipinski definition) is 5. The average molecular weight is 493 g/mol. The van der Waals surface area contributed by atoms with Gasteiger partial charge in [0.25, 0.3) is 5.91 Å². The molecule has 0 saturated heterocycles. The predicted octanol–water partition coefficient (Wildman–Crippen LogP) is 4.56. The quantitative estimate of drug-likeness (QED) is 0.480. The smallest absolute Gasteiger partial charge is 0.259 e. The van der Waals surface area contributed by atoms with E-state index in [1.165, 1.54) is 30.5 Å². The number of carbonyl (C=O) groups is 1. The summed E-state index contributed by atoms with van der Waals surface area (Å²) in [6.45, 7) is 3.81. The lowest BCUT2D eigenvalue weighted by Crippen LogP contribution is -2.23. The van der Waals surface area contributed by atoms with Gasteiger partial charge in [-0.2, -0.15) is 0 Å². The minimum atomic E-state index is -3.71. The highest BCUT2D eigenvalue weighted by Gasteiger charge is 2.17. The van der Waals surface area contributed by atoms with E-state index in [0.717, 1.165) is 4.47 Å². The second-order valence-corrected chi connectivity index (χ2v) is 9.37. The Morgan fingerprint density at radius 1 is 1.13 bits per heavy atom. The van der Waals surface area contributed by atoms with Crippen molar-refractivity contribution in [3.63, 3.8) is 0 Å². The van der Waals surface area contributed by atoms with Gasteiger partial charge in [-0.25, -0.2) is 13.1 Å². The van der Waals surface area contributed by atoms with Crippen molar-refractivity contribution in [2.75, 3.05) is 5.32 Å². The number of carbonyl (C=O) groups excluding carboxylic acids is 1. The first-order chi connectivity index (χ1) is 14.2. The van der Waals surface area contributed by atoms with Gasteiger partial charge in [-0.05, 0) is 68.4 Å². The first kappa shape index (κ1) is 22.1. The molecule has 1 aromatic heterocycles. The van der Waals surface area contributed by atoms with Crippen LogP contribution in [0.3, 0.4) is 0 Å². The molecule has 0 radical (unpaired) electrons. The minimum absolute atomic E-state index is 0.0509. The third-order valence-corrected chi connectivity index (χ3v) is 5.90. The molecule has 2 aromatic carbocycles. The van der Waals surface area contributed by atoms with Crippen LogP contribution in [0.25, 0.3) is 0 Å². The van der Waals surface area contributed by atoms with Crippen LogP contribution in [0.4, 0.5) is 5.69 Å². The fourth-order valence-corrected chi connectivity index (χ4v) is 3.97. The Bertz CT molecular complexity index is 1110. The maximum atomic E-state index is 12.7. The van der Waals surface area contributed by atoms with Crippen molar-refractivity contribution in [1.82, 2.24) is 4.72 Å². The van der Waals surface area contributed by atoms with Gasteiger partial charge in [-0.3, -0.25) is 4.79 Å². The molecule has 3 aromatic rings. The highest BCUT2D eigenvalue weighted by molar-refractivity contribution is 9.10. The van der Waals surface area contributed by atoms with Crippen LogP contribution in [0.1, 0.15) is 30.0 Å². The van der Waals surface area contributed by atoms with Crippen LogP contribution in [0.2, 0.25) is 0 Å². The second-order valence-electron chi connectivity index (χ2n) is 6.69. The summed E-state index contributed by atoms with van der Waals surface area (Å²) in [6.07, 6.45) is 1.39. The number of hydrogen-bond donors (Lipinski definition) is 2. The summed E-state index contributed by atoms with van der Waals surface area (Å²) in [5, 5.41) is 2.76. The van der Waals surface area contributed by atoms with E-state index in [-0.39, 0.29) is 23.5 Å². The molecule has 3 rings (SSSR count). The minimum Gasteiger partial charge on any atom is -0.490 e. The zero-order valence-corrected chi connectivity index (χ0v) is 18.8. The van der Waals surface area contributed by atoms with Gasteiger partial charge < -0.3 is 14.5 Å².